The molecular formula is C27H23ClN2O5. The molecule has 35 heavy (non-hydrogen) atoms. The van der Waals surface area contributed by atoms with Crippen LogP contribution >= 0.6 is 11.6 Å². The molecule has 0 spiro atoms. The zero-order chi connectivity index (χ0) is 25.1. The fourth-order valence-electron chi connectivity index (χ4n) is 3.51. The fourth-order valence-corrected chi connectivity index (χ4v) is 3.73. The van der Waals surface area contributed by atoms with Gasteiger partial charge in [0.1, 0.15) is 22.2 Å². The average molecular weight is 491 g/mol. The number of carbonyl (C=O) groups excluding carboxylic acids is 3. The highest BCUT2D eigenvalue weighted by Gasteiger charge is 2.39. The van der Waals surface area contributed by atoms with Crippen molar-refractivity contribution in [3.8, 4) is 11.5 Å². The van der Waals surface area contributed by atoms with E-state index >= 15 is 0 Å². The molecule has 0 radical (unpaired) electrons. The lowest BCUT2D eigenvalue weighted by atomic mass is 10.0. The first-order chi connectivity index (χ1) is 16.8. The van der Waals surface area contributed by atoms with E-state index in [-0.39, 0.29) is 10.7 Å². The minimum atomic E-state index is -0.631. The molecule has 0 fully saturated rings. The van der Waals surface area contributed by atoms with E-state index in [0.29, 0.717) is 34.4 Å². The summed E-state index contributed by atoms with van der Waals surface area (Å²) in [5, 5.41) is 2.66. The van der Waals surface area contributed by atoms with E-state index in [1.54, 1.807) is 54.6 Å². The third-order valence-electron chi connectivity index (χ3n) is 5.48. The Morgan fingerprint density at radius 1 is 0.914 bits per heavy atom. The molecule has 0 aliphatic carbocycles. The molecule has 7 nitrogen and oxygen atoms in total. The van der Waals surface area contributed by atoms with E-state index in [1.165, 1.54) is 7.11 Å². The van der Waals surface area contributed by atoms with Crippen LogP contribution in [-0.4, -0.2) is 24.9 Å². The summed E-state index contributed by atoms with van der Waals surface area (Å²) in [5.74, 6) is -0.351. The topological polar surface area (TPSA) is 84.9 Å². The first kappa shape index (κ1) is 24.0. The number of esters is 1. The molecule has 1 aliphatic rings. The Morgan fingerprint density at radius 2 is 1.60 bits per heavy atom. The zero-order valence-corrected chi connectivity index (χ0v) is 20.1. The predicted octanol–water partition coefficient (Wildman–Crippen LogP) is 5.47. The molecule has 4 rings (SSSR count). The Hall–Kier alpha value is -4.10. The Bertz CT molecular complexity index is 1310. The van der Waals surface area contributed by atoms with Crippen LogP contribution in [0.2, 0.25) is 0 Å². The Kier molecular flexibility index (Phi) is 6.89. The molecule has 1 aliphatic heterocycles. The number of benzene rings is 3. The van der Waals surface area contributed by atoms with Gasteiger partial charge in [-0.05, 0) is 72.1 Å². The summed E-state index contributed by atoms with van der Waals surface area (Å²) < 4.78 is 10.6. The molecule has 0 unspecified atom stereocenters. The average Bonchev–Trinajstić information content (AvgIpc) is 3.07. The highest BCUT2D eigenvalue weighted by Crippen LogP contribution is 2.31. The van der Waals surface area contributed by atoms with Gasteiger partial charge in [-0.2, -0.15) is 0 Å². The van der Waals surface area contributed by atoms with Crippen LogP contribution in [0.4, 0.5) is 11.4 Å². The number of ether oxygens (including phenoxy) is 2. The number of hydrogen-bond acceptors (Lipinski definition) is 6. The van der Waals surface area contributed by atoms with E-state index < -0.39 is 17.8 Å². The van der Waals surface area contributed by atoms with Crippen LogP contribution in [0.1, 0.15) is 35.7 Å². The standard InChI is InChI=1S/C27H23ClN2O5/c1-16(2)18-5-4-6-22(15-18)35-27(33)17-7-9-19(10-8-17)29-24-23(28)25(31)30(26(24)32)20-11-13-21(34-3)14-12-20/h4-16,29H,1-3H3. The molecule has 1 heterocycles. The maximum atomic E-state index is 12.9. The van der Waals surface area contributed by atoms with E-state index in [1.807, 2.05) is 18.2 Å². The third-order valence-corrected chi connectivity index (χ3v) is 5.83. The van der Waals surface area contributed by atoms with Gasteiger partial charge in [-0.1, -0.05) is 37.6 Å². The number of imide groups is 1. The largest absolute Gasteiger partial charge is 0.497 e. The van der Waals surface area contributed by atoms with Gasteiger partial charge in [0.05, 0.1) is 18.4 Å². The normalized spacial score (nSPS) is 13.5. The first-order valence-electron chi connectivity index (χ1n) is 10.9. The maximum Gasteiger partial charge on any atom is 0.343 e. The molecule has 3 aromatic rings. The van der Waals surface area contributed by atoms with Crippen molar-refractivity contribution in [1.82, 2.24) is 0 Å². The van der Waals surface area contributed by atoms with Gasteiger partial charge in [0.2, 0.25) is 0 Å². The molecule has 8 heteroatoms. The summed E-state index contributed by atoms with van der Waals surface area (Å²) in [5.41, 5.74) is 2.21. The van der Waals surface area contributed by atoms with Gasteiger partial charge in [-0.15, -0.1) is 0 Å². The van der Waals surface area contributed by atoms with Crippen LogP contribution in [0.5, 0.6) is 11.5 Å². The number of carbonyl (C=O) groups is 3. The van der Waals surface area contributed by atoms with Crippen molar-refractivity contribution in [2.75, 3.05) is 17.3 Å². The summed E-state index contributed by atoms with van der Waals surface area (Å²) in [4.78, 5) is 39.1. The van der Waals surface area contributed by atoms with Crippen molar-refractivity contribution in [3.63, 3.8) is 0 Å². The van der Waals surface area contributed by atoms with Crippen molar-refractivity contribution in [2.45, 2.75) is 19.8 Å². The number of anilines is 2. The van der Waals surface area contributed by atoms with Gasteiger partial charge in [0, 0.05) is 5.69 Å². The molecular weight excluding hydrogens is 468 g/mol. The van der Waals surface area contributed by atoms with Gasteiger partial charge in [-0.3, -0.25) is 9.59 Å². The number of nitrogens with zero attached hydrogens (tertiary/aromatic N) is 1. The molecule has 0 bridgehead atoms. The molecule has 2 amide bonds. The Labute approximate surface area is 207 Å². The molecule has 1 N–H and O–H groups in total. The van der Waals surface area contributed by atoms with Gasteiger partial charge < -0.3 is 14.8 Å². The van der Waals surface area contributed by atoms with Crippen LogP contribution < -0.4 is 19.7 Å². The van der Waals surface area contributed by atoms with Gasteiger partial charge in [0.15, 0.2) is 0 Å². The molecule has 0 atom stereocenters. The summed E-state index contributed by atoms with van der Waals surface area (Å²) >= 11 is 6.19. The van der Waals surface area contributed by atoms with Gasteiger partial charge in [0.25, 0.3) is 11.8 Å². The lowest BCUT2D eigenvalue weighted by Gasteiger charge is -2.15. The lowest BCUT2D eigenvalue weighted by Crippen LogP contribution is -2.32. The van der Waals surface area contributed by atoms with Crippen LogP contribution in [0.3, 0.4) is 0 Å². The zero-order valence-electron chi connectivity index (χ0n) is 19.4. The number of nitrogens with one attached hydrogen (secondary N) is 1. The number of halogens is 1. The highest BCUT2D eigenvalue weighted by molar-refractivity contribution is 6.53. The van der Waals surface area contributed by atoms with Crippen LogP contribution in [0.25, 0.3) is 0 Å². The number of methoxy groups -OCH3 is 1. The van der Waals surface area contributed by atoms with Crippen LogP contribution in [-0.2, 0) is 9.59 Å². The summed E-state index contributed by atoms with van der Waals surface area (Å²) in [6, 6.07) is 20.2. The fraction of sp³-hybridized carbons (Fsp3) is 0.148. The highest BCUT2D eigenvalue weighted by atomic mass is 35.5. The minimum absolute atomic E-state index is 0.0479. The van der Waals surface area contributed by atoms with Crippen LogP contribution in [0.15, 0.2) is 83.5 Å². The molecule has 0 aromatic heterocycles. The minimum Gasteiger partial charge on any atom is -0.497 e. The number of hydrogen-bond donors (Lipinski definition) is 1. The summed E-state index contributed by atoms with van der Waals surface area (Å²) in [6.07, 6.45) is 0. The van der Waals surface area contributed by atoms with Crippen molar-refractivity contribution in [3.05, 3.63) is 94.7 Å². The van der Waals surface area contributed by atoms with Crippen LogP contribution in [0, 0.1) is 0 Å². The molecule has 0 saturated carbocycles. The van der Waals surface area contributed by atoms with E-state index in [4.69, 9.17) is 21.1 Å². The Balaban J connectivity index is 1.46. The second kappa shape index (κ2) is 10.0. The smallest absolute Gasteiger partial charge is 0.343 e. The van der Waals surface area contributed by atoms with E-state index in [0.717, 1.165) is 10.5 Å². The maximum absolute atomic E-state index is 12.9. The monoisotopic (exact) mass is 490 g/mol. The summed E-state index contributed by atoms with van der Waals surface area (Å²) in [7, 11) is 1.52. The quantitative estimate of drug-likeness (QED) is 0.268. The van der Waals surface area contributed by atoms with Crippen molar-refractivity contribution in [2.24, 2.45) is 0 Å². The second-order valence-electron chi connectivity index (χ2n) is 8.15. The van der Waals surface area contributed by atoms with Gasteiger partial charge in [-0.25, -0.2) is 9.69 Å². The molecule has 3 aromatic carbocycles. The lowest BCUT2D eigenvalue weighted by molar-refractivity contribution is -0.120. The number of amides is 2. The van der Waals surface area contributed by atoms with Crippen molar-refractivity contribution in [1.29, 1.82) is 0 Å². The molecule has 0 saturated heterocycles. The summed E-state index contributed by atoms with van der Waals surface area (Å²) in [6.45, 7) is 4.13. The SMILES string of the molecule is COc1ccc(N2C(=O)C(Cl)=C(Nc3ccc(C(=O)Oc4cccc(C(C)C)c4)cc3)C2=O)cc1. The second-order valence-corrected chi connectivity index (χ2v) is 8.53. The van der Waals surface area contributed by atoms with Crippen molar-refractivity contribution < 1.29 is 23.9 Å². The van der Waals surface area contributed by atoms with E-state index in [9.17, 15) is 14.4 Å². The van der Waals surface area contributed by atoms with E-state index in [2.05, 4.69) is 19.2 Å². The predicted molar refractivity (Wildman–Crippen MR) is 134 cm³/mol. The first-order valence-corrected chi connectivity index (χ1v) is 11.3. The molecule has 178 valence electrons. The third kappa shape index (κ3) is 5.05. The Morgan fingerprint density at radius 3 is 2.23 bits per heavy atom. The van der Waals surface area contributed by atoms with Gasteiger partial charge >= 0.3 is 5.97 Å². The number of rotatable bonds is 7. The van der Waals surface area contributed by atoms with Crippen molar-refractivity contribution >= 4 is 40.8 Å².